The van der Waals surface area contributed by atoms with Crippen LogP contribution in [0.15, 0.2) is 12.4 Å². The predicted octanol–water partition coefficient (Wildman–Crippen LogP) is 1.35. The highest BCUT2D eigenvalue weighted by Gasteiger charge is 1.98. The monoisotopic (exact) mass is 141 g/mol. The maximum atomic E-state index is 5.22. The van der Waals surface area contributed by atoms with Gasteiger partial charge in [-0.05, 0) is 12.5 Å². The third-order valence-corrected chi connectivity index (χ3v) is 1.53. The molecule has 1 heterocycles. The van der Waals surface area contributed by atoms with Crippen molar-refractivity contribution >= 4 is 0 Å². The van der Waals surface area contributed by atoms with Crippen LogP contribution in [0.5, 0.6) is 0 Å². The first-order valence-corrected chi connectivity index (χ1v) is 3.17. The summed E-state index contributed by atoms with van der Waals surface area (Å²) in [7, 11) is 0. The smallest absolute Gasteiger partial charge is 0.0467 e. The molecule has 0 aliphatic heterocycles. The first-order chi connectivity index (χ1) is 5.29. The number of hydrogen-bond acceptors (Lipinski definition) is 1. The molecule has 0 amide bonds. The zero-order chi connectivity index (χ0) is 8.27. The summed E-state index contributed by atoms with van der Waals surface area (Å²) in [6.45, 7) is 1.89. The van der Waals surface area contributed by atoms with Gasteiger partial charge in [0.25, 0.3) is 0 Å². The average molecular weight is 141 g/mol. The van der Waals surface area contributed by atoms with Crippen molar-refractivity contribution in [2.75, 3.05) is 0 Å². The van der Waals surface area contributed by atoms with Crippen molar-refractivity contribution in [2.45, 2.75) is 6.92 Å². The highest BCUT2D eigenvalue weighted by atomic mass is 14.6. The van der Waals surface area contributed by atoms with Crippen molar-refractivity contribution in [2.24, 2.45) is 0 Å². The summed E-state index contributed by atoms with van der Waals surface area (Å²) in [5.74, 6) is 5.02. The predicted molar refractivity (Wildman–Crippen MR) is 44.8 cm³/mol. The number of aromatic nitrogens is 1. The van der Waals surface area contributed by atoms with Gasteiger partial charge < -0.3 is 0 Å². The number of hydrogen-bond donors (Lipinski definition) is 0. The van der Waals surface area contributed by atoms with Gasteiger partial charge >= 0.3 is 0 Å². The Hall–Kier alpha value is -1.73. The van der Waals surface area contributed by atoms with Crippen LogP contribution in [0, 0.1) is 31.6 Å². The molecule has 0 radical (unpaired) electrons. The summed E-state index contributed by atoms with van der Waals surface area (Å²) < 4.78 is 0. The Labute approximate surface area is 66.5 Å². The van der Waals surface area contributed by atoms with Gasteiger partial charge in [-0.3, -0.25) is 4.98 Å². The summed E-state index contributed by atoms with van der Waals surface area (Å²) in [6.07, 6.45) is 13.7. The Morgan fingerprint density at radius 1 is 1.18 bits per heavy atom. The van der Waals surface area contributed by atoms with E-state index in [1.165, 1.54) is 0 Å². The maximum absolute atomic E-state index is 5.22. The molecule has 0 fully saturated rings. The molecule has 0 aromatic carbocycles. The van der Waals surface area contributed by atoms with E-state index in [-0.39, 0.29) is 0 Å². The molecule has 0 bridgehead atoms. The van der Waals surface area contributed by atoms with Crippen molar-refractivity contribution < 1.29 is 0 Å². The van der Waals surface area contributed by atoms with Gasteiger partial charge in [0.05, 0.1) is 0 Å². The molecular formula is C10H7N. The highest BCUT2D eigenvalue weighted by molar-refractivity contribution is 5.47. The second-order valence-electron chi connectivity index (χ2n) is 2.15. The molecule has 0 atom stereocenters. The zero-order valence-electron chi connectivity index (χ0n) is 6.26. The molecule has 1 nitrogen and oxygen atoms in total. The number of nitrogens with zero attached hydrogens (tertiary/aromatic N) is 1. The second kappa shape index (κ2) is 2.90. The Morgan fingerprint density at radius 3 is 2.00 bits per heavy atom. The molecular weight excluding hydrogens is 134 g/mol. The van der Waals surface area contributed by atoms with Crippen molar-refractivity contribution in [1.29, 1.82) is 0 Å². The fraction of sp³-hybridized carbons (Fsp3) is 0.100. The molecule has 1 aromatic heterocycles. The van der Waals surface area contributed by atoms with Crippen LogP contribution < -0.4 is 0 Å². The average Bonchev–Trinajstić information content (AvgIpc) is 2.05. The molecule has 1 heteroatoms. The van der Waals surface area contributed by atoms with E-state index in [1.807, 2.05) is 6.92 Å². The molecule has 0 saturated carbocycles. The quantitative estimate of drug-likeness (QED) is 0.497. The van der Waals surface area contributed by atoms with Gasteiger partial charge in [0, 0.05) is 23.5 Å². The van der Waals surface area contributed by atoms with Crippen LogP contribution in [-0.2, 0) is 0 Å². The van der Waals surface area contributed by atoms with E-state index < -0.39 is 0 Å². The lowest BCUT2D eigenvalue weighted by molar-refractivity contribution is 1.25. The number of terminal acetylenes is 2. The second-order valence-corrected chi connectivity index (χ2v) is 2.15. The lowest BCUT2D eigenvalue weighted by Crippen LogP contribution is -1.89. The van der Waals surface area contributed by atoms with Gasteiger partial charge in [-0.25, -0.2) is 0 Å². The Balaban J connectivity index is 3.38. The summed E-state index contributed by atoms with van der Waals surface area (Å²) in [5, 5.41) is 0. The minimum atomic E-state index is 0.764. The summed E-state index contributed by atoms with van der Waals surface area (Å²) in [6, 6.07) is 0. The van der Waals surface area contributed by atoms with Gasteiger partial charge in [0.1, 0.15) is 0 Å². The lowest BCUT2D eigenvalue weighted by Gasteiger charge is -1.98. The largest absolute Gasteiger partial charge is 0.262 e. The van der Waals surface area contributed by atoms with Gasteiger partial charge in [-0.15, -0.1) is 12.8 Å². The number of rotatable bonds is 0. The molecule has 0 spiro atoms. The van der Waals surface area contributed by atoms with E-state index in [1.54, 1.807) is 12.4 Å². The molecule has 1 aromatic rings. The molecule has 11 heavy (non-hydrogen) atoms. The molecule has 0 N–H and O–H groups in total. The minimum absolute atomic E-state index is 0.764. The summed E-state index contributed by atoms with van der Waals surface area (Å²) in [5.41, 5.74) is 2.48. The van der Waals surface area contributed by atoms with E-state index in [0.717, 1.165) is 16.7 Å². The molecule has 0 aliphatic carbocycles. The molecule has 1 rings (SSSR count). The SMILES string of the molecule is C#Cc1cncc(C#C)c1C. The fourth-order valence-corrected chi connectivity index (χ4v) is 0.816. The van der Waals surface area contributed by atoms with Crippen LogP contribution >= 0.6 is 0 Å². The Morgan fingerprint density at radius 2 is 1.64 bits per heavy atom. The molecule has 0 unspecified atom stereocenters. The van der Waals surface area contributed by atoms with Crippen LogP contribution in [-0.4, -0.2) is 4.98 Å². The van der Waals surface area contributed by atoms with E-state index in [4.69, 9.17) is 12.8 Å². The van der Waals surface area contributed by atoms with E-state index in [0.29, 0.717) is 0 Å². The molecule has 0 saturated heterocycles. The van der Waals surface area contributed by atoms with Gasteiger partial charge in [-0.2, -0.15) is 0 Å². The van der Waals surface area contributed by atoms with Crippen LogP contribution in [0.4, 0.5) is 0 Å². The van der Waals surface area contributed by atoms with Gasteiger partial charge in [-0.1, -0.05) is 11.8 Å². The normalized spacial score (nSPS) is 8.27. The lowest BCUT2D eigenvalue weighted by atomic mass is 10.1. The highest BCUT2D eigenvalue weighted by Crippen LogP contribution is 2.08. The van der Waals surface area contributed by atoms with Crippen molar-refractivity contribution in [3.05, 3.63) is 29.1 Å². The van der Waals surface area contributed by atoms with Crippen molar-refractivity contribution in [1.82, 2.24) is 4.98 Å². The first kappa shape index (κ1) is 7.38. The Kier molecular flexibility index (Phi) is 1.95. The fourth-order valence-electron chi connectivity index (χ4n) is 0.816. The van der Waals surface area contributed by atoms with E-state index in [9.17, 15) is 0 Å². The van der Waals surface area contributed by atoms with E-state index >= 15 is 0 Å². The third-order valence-electron chi connectivity index (χ3n) is 1.53. The molecule has 0 aliphatic rings. The molecule has 52 valence electrons. The van der Waals surface area contributed by atoms with Crippen LogP contribution in [0.2, 0.25) is 0 Å². The van der Waals surface area contributed by atoms with Crippen LogP contribution in [0.3, 0.4) is 0 Å². The standard InChI is InChI=1S/C10H7N/c1-4-9-6-11-7-10(5-2)8(9)3/h1-2,6-7H,3H3. The topological polar surface area (TPSA) is 12.9 Å². The van der Waals surface area contributed by atoms with Gasteiger partial charge in [0.15, 0.2) is 0 Å². The van der Waals surface area contributed by atoms with E-state index in [2.05, 4.69) is 16.8 Å². The van der Waals surface area contributed by atoms with Crippen molar-refractivity contribution in [3.63, 3.8) is 0 Å². The van der Waals surface area contributed by atoms with Gasteiger partial charge in [0.2, 0.25) is 0 Å². The summed E-state index contributed by atoms with van der Waals surface area (Å²) in [4.78, 5) is 3.90. The number of pyridine rings is 1. The Bertz CT molecular complexity index is 318. The zero-order valence-corrected chi connectivity index (χ0v) is 6.26. The first-order valence-electron chi connectivity index (χ1n) is 3.17. The van der Waals surface area contributed by atoms with Crippen molar-refractivity contribution in [3.8, 4) is 24.7 Å². The van der Waals surface area contributed by atoms with Crippen LogP contribution in [0.1, 0.15) is 16.7 Å². The third kappa shape index (κ3) is 1.23. The minimum Gasteiger partial charge on any atom is -0.262 e. The maximum Gasteiger partial charge on any atom is 0.0467 e. The van der Waals surface area contributed by atoms with Crippen LogP contribution in [0.25, 0.3) is 0 Å². The summed E-state index contributed by atoms with van der Waals surface area (Å²) >= 11 is 0.